The fraction of sp³-hybridized carbons (Fsp3) is 0.227. The molecule has 0 aliphatic heterocycles. The molecule has 31 heavy (non-hydrogen) atoms. The number of halogens is 2. The van der Waals surface area contributed by atoms with Gasteiger partial charge in [-0.3, -0.25) is 4.57 Å². The number of hydrogen-bond acceptors (Lipinski definition) is 6. The minimum Gasteiger partial charge on any atom is -0.484 e. The first-order chi connectivity index (χ1) is 15.2. The van der Waals surface area contributed by atoms with Crippen LogP contribution in [0.25, 0.3) is 11.5 Å². The number of thioether (sulfide) groups is 1. The van der Waals surface area contributed by atoms with Crippen LogP contribution in [0.2, 0.25) is 5.02 Å². The SMILES string of the molecule is Fc1ccc(-c2nc(CSc3nnc(COc4ccccc4Cl)n3C3CC3)co2)cc1. The van der Waals surface area contributed by atoms with Gasteiger partial charge in [0.1, 0.15) is 24.4 Å². The van der Waals surface area contributed by atoms with Crippen molar-refractivity contribution in [2.24, 2.45) is 0 Å². The highest BCUT2D eigenvalue weighted by molar-refractivity contribution is 7.98. The topological polar surface area (TPSA) is 66.0 Å². The van der Waals surface area contributed by atoms with Gasteiger partial charge in [0.15, 0.2) is 11.0 Å². The van der Waals surface area contributed by atoms with Crippen LogP contribution in [-0.2, 0) is 12.4 Å². The van der Waals surface area contributed by atoms with Crippen LogP contribution in [0.4, 0.5) is 4.39 Å². The fourth-order valence-corrected chi connectivity index (χ4v) is 4.24. The van der Waals surface area contributed by atoms with Crippen LogP contribution >= 0.6 is 23.4 Å². The normalized spacial score (nSPS) is 13.5. The van der Waals surface area contributed by atoms with E-state index in [9.17, 15) is 4.39 Å². The van der Waals surface area contributed by atoms with Crippen molar-refractivity contribution < 1.29 is 13.5 Å². The number of hydrogen-bond donors (Lipinski definition) is 0. The van der Waals surface area contributed by atoms with Crippen LogP contribution in [0, 0.1) is 5.82 Å². The maximum atomic E-state index is 13.1. The standard InChI is InChI=1S/C22H18ClFN4O2S/c23-18-3-1-2-4-19(18)29-12-20-26-27-22(28(20)17-9-10-17)31-13-16-11-30-21(25-16)14-5-7-15(24)8-6-14/h1-8,11,17H,9-10,12-13H2. The molecule has 1 fully saturated rings. The first-order valence-corrected chi connectivity index (χ1v) is 11.2. The highest BCUT2D eigenvalue weighted by Gasteiger charge is 2.30. The number of para-hydroxylation sites is 1. The van der Waals surface area contributed by atoms with E-state index in [1.54, 1.807) is 36.2 Å². The Hall–Kier alpha value is -2.84. The largest absolute Gasteiger partial charge is 0.484 e. The summed E-state index contributed by atoms with van der Waals surface area (Å²) in [5, 5.41) is 10.1. The van der Waals surface area contributed by atoms with Crippen molar-refractivity contribution in [3.8, 4) is 17.2 Å². The molecule has 5 rings (SSSR count). The van der Waals surface area contributed by atoms with Gasteiger partial charge in [-0.2, -0.15) is 0 Å². The van der Waals surface area contributed by atoms with Gasteiger partial charge >= 0.3 is 0 Å². The van der Waals surface area contributed by atoms with E-state index >= 15 is 0 Å². The lowest BCUT2D eigenvalue weighted by molar-refractivity contribution is 0.288. The Labute approximate surface area is 187 Å². The Kier molecular flexibility index (Phi) is 5.65. The van der Waals surface area contributed by atoms with Crippen molar-refractivity contribution in [1.82, 2.24) is 19.7 Å². The van der Waals surface area contributed by atoms with Crippen LogP contribution in [0.5, 0.6) is 5.75 Å². The van der Waals surface area contributed by atoms with E-state index in [0.717, 1.165) is 35.1 Å². The van der Waals surface area contributed by atoms with Crippen LogP contribution in [0.1, 0.15) is 30.4 Å². The summed E-state index contributed by atoms with van der Waals surface area (Å²) in [6.45, 7) is 0.298. The fourth-order valence-electron chi connectivity index (χ4n) is 3.14. The smallest absolute Gasteiger partial charge is 0.226 e. The highest BCUT2D eigenvalue weighted by Crippen LogP contribution is 2.39. The molecule has 0 bridgehead atoms. The van der Waals surface area contributed by atoms with Crippen LogP contribution in [0.15, 0.2) is 64.4 Å². The second kappa shape index (κ2) is 8.72. The van der Waals surface area contributed by atoms with Crippen molar-refractivity contribution >= 4 is 23.4 Å². The van der Waals surface area contributed by atoms with Gasteiger partial charge in [0.25, 0.3) is 0 Å². The van der Waals surface area contributed by atoms with E-state index in [1.807, 2.05) is 18.2 Å². The quantitative estimate of drug-likeness (QED) is 0.306. The summed E-state index contributed by atoms with van der Waals surface area (Å²) in [7, 11) is 0. The maximum absolute atomic E-state index is 13.1. The molecule has 0 spiro atoms. The van der Waals surface area contributed by atoms with Gasteiger partial charge < -0.3 is 9.15 Å². The predicted octanol–water partition coefficient (Wildman–Crippen LogP) is 5.93. The molecule has 0 unspecified atom stereocenters. The van der Waals surface area contributed by atoms with Crippen LogP contribution in [-0.4, -0.2) is 19.7 Å². The molecule has 1 aliphatic rings. The highest BCUT2D eigenvalue weighted by atomic mass is 35.5. The third-order valence-corrected chi connectivity index (χ3v) is 6.12. The summed E-state index contributed by atoms with van der Waals surface area (Å²) >= 11 is 7.73. The van der Waals surface area contributed by atoms with E-state index < -0.39 is 0 Å². The van der Waals surface area contributed by atoms with E-state index in [4.69, 9.17) is 20.8 Å². The van der Waals surface area contributed by atoms with Crippen LogP contribution in [0.3, 0.4) is 0 Å². The monoisotopic (exact) mass is 456 g/mol. The summed E-state index contributed by atoms with van der Waals surface area (Å²) in [6, 6.07) is 13.8. The molecular formula is C22H18ClFN4O2S. The average molecular weight is 457 g/mol. The lowest BCUT2D eigenvalue weighted by atomic mass is 10.2. The number of benzene rings is 2. The number of rotatable bonds is 8. The Morgan fingerprint density at radius 2 is 1.94 bits per heavy atom. The lowest BCUT2D eigenvalue weighted by Gasteiger charge is -2.10. The molecule has 0 N–H and O–H groups in total. The average Bonchev–Trinajstić information content (AvgIpc) is 3.36. The summed E-state index contributed by atoms with van der Waals surface area (Å²) in [4.78, 5) is 4.50. The maximum Gasteiger partial charge on any atom is 0.226 e. The zero-order valence-electron chi connectivity index (χ0n) is 16.4. The second-order valence-corrected chi connectivity index (χ2v) is 8.51. The van der Waals surface area contributed by atoms with Gasteiger partial charge in [0.05, 0.1) is 10.7 Å². The Bertz CT molecular complexity index is 1190. The number of nitrogens with zero attached hydrogens (tertiary/aromatic N) is 4. The molecule has 0 radical (unpaired) electrons. The minimum atomic E-state index is -0.292. The second-order valence-electron chi connectivity index (χ2n) is 7.16. The molecule has 9 heteroatoms. The van der Waals surface area contributed by atoms with Crippen LogP contribution < -0.4 is 4.74 Å². The number of ether oxygens (including phenoxy) is 1. The molecule has 0 amide bonds. The molecule has 6 nitrogen and oxygen atoms in total. The number of aromatic nitrogens is 4. The minimum absolute atomic E-state index is 0.292. The van der Waals surface area contributed by atoms with Gasteiger partial charge in [-0.1, -0.05) is 35.5 Å². The predicted molar refractivity (Wildman–Crippen MR) is 116 cm³/mol. The van der Waals surface area contributed by atoms with Gasteiger partial charge in [-0.05, 0) is 49.2 Å². The van der Waals surface area contributed by atoms with E-state index in [2.05, 4.69) is 19.7 Å². The van der Waals surface area contributed by atoms with Crippen molar-refractivity contribution in [3.05, 3.63) is 77.2 Å². The molecular weight excluding hydrogens is 439 g/mol. The summed E-state index contributed by atoms with van der Waals surface area (Å²) in [5.74, 6) is 2.16. The van der Waals surface area contributed by atoms with E-state index in [1.165, 1.54) is 12.1 Å². The Morgan fingerprint density at radius 3 is 2.71 bits per heavy atom. The van der Waals surface area contributed by atoms with Gasteiger partial charge in [0.2, 0.25) is 5.89 Å². The molecule has 2 heterocycles. The van der Waals surface area contributed by atoms with Gasteiger partial charge in [-0.25, -0.2) is 9.37 Å². The third-order valence-electron chi connectivity index (χ3n) is 4.83. The molecule has 0 atom stereocenters. The zero-order valence-corrected chi connectivity index (χ0v) is 17.9. The summed E-state index contributed by atoms with van der Waals surface area (Å²) < 4.78 is 26.7. The molecule has 1 aliphatic carbocycles. The number of oxazole rings is 1. The molecule has 0 saturated heterocycles. The Balaban J connectivity index is 1.27. The lowest BCUT2D eigenvalue weighted by Crippen LogP contribution is -2.07. The summed E-state index contributed by atoms with van der Waals surface area (Å²) in [5.41, 5.74) is 1.52. The zero-order chi connectivity index (χ0) is 21.2. The van der Waals surface area contributed by atoms with Crippen molar-refractivity contribution in [2.75, 3.05) is 0 Å². The van der Waals surface area contributed by atoms with Gasteiger partial charge in [0, 0.05) is 17.4 Å². The first kappa shape index (κ1) is 20.1. The van der Waals surface area contributed by atoms with E-state index in [-0.39, 0.29) is 5.82 Å². The molecule has 2 aromatic heterocycles. The third kappa shape index (κ3) is 4.60. The van der Waals surface area contributed by atoms with Crippen molar-refractivity contribution in [2.45, 2.75) is 36.4 Å². The molecule has 4 aromatic rings. The molecule has 1 saturated carbocycles. The first-order valence-electron chi connectivity index (χ1n) is 9.81. The van der Waals surface area contributed by atoms with Crippen molar-refractivity contribution in [3.63, 3.8) is 0 Å². The molecule has 158 valence electrons. The van der Waals surface area contributed by atoms with Crippen molar-refractivity contribution in [1.29, 1.82) is 0 Å². The molecule has 2 aromatic carbocycles. The van der Waals surface area contributed by atoms with E-state index in [0.29, 0.717) is 35.1 Å². The van der Waals surface area contributed by atoms with Gasteiger partial charge in [-0.15, -0.1) is 10.2 Å². The Morgan fingerprint density at radius 1 is 1.13 bits per heavy atom. The summed E-state index contributed by atoms with van der Waals surface area (Å²) in [6.07, 6.45) is 3.82.